The van der Waals surface area contributed by atoms with Crippen LogP contribution in [0, 0.1) is 0 Å². The molecular weight excluding hydrogens is 428 g/mol. The van der Waals surface area contributed by atoms with Crippen LogP contribution in [0.1, 0.15) is 29.6 Å². The molecule has 2 saturated heterocycles. The molecular formula is C26H30N6O2. The number of anilines is 2. The quantitative estimate of drug-likeness (QED) is 0.549. The van der Waals surface area contributed by atoms with Gasteiger partial charge in [0.1, 0.15) is 11.6 Å². The highest BCUT2D eigenvalue weighted by atomic mass is 16.2. The van der Waals surface area contributed by atoms with Crippen molar-refractivity contribution in [1.29, 1.82) is 0 Å². The lowest BCUT2D eigenvalue weighted by atomic mass is 10.1. The Morgan fingerprint density at radius 2 is 1.71 bits per heavy atom. The molecule has 176 valence electrons. The number of carbonyl (C=O) groups excluding carboxylic acids is 2. The van der Waals surface area contributed by atoms with E-state index < -0.39 is 0 Å². The molecule has 2 aliphatic heterocycles. The molecule has 3 aromatic rings. The van der Waals surface area contributed by atoms with Gasteiger partial charge >= 0.3 is 0 Å². The SMILES string of the molecule is O=C(NCCCN1CCCC1=O)c1cc(N2CCN(c3ccccn3)CC2)nc2ccccc12. The van der Waals surface area contributed by atoms with Gasteiger partial charge in [0.05, 0.1) is 11.1 Å². The number of hydrogen-bond donors (Lipinski definition) is 1. The number of benzene rings is 1. The predicted molar refractivity (Wildman–Crippen MR) is 133 cm³/mol. The predicted octanol–water partition coefficient (Wildman–Crippen LogP) is 2.70. The van der Waals surface area contributed by atoms with Crippen LogP contribution in [0.25, 0.3) is 10.9 Å². The number of rotatable bonds is 7. The lowest BCUT2D eigenvalue weighted by Gasteiger charge is -2.36. The Hall–Kier alpha value is -3.68. The molecule has 0 radical (unpaired) electrons. The first-order chi connectivity index (χ1) is 16.7. The van der Waals surface area contributed by atoms with Gasteiger partial charge in [0.15, 0.2) is 0 Å². The maximum Gasteiger partial charge on any atom is 0.252 e. The van der Waals surface area contributed by atoms with Gasteiger partial charge in [0.2, 0.25) is 5.91 Å². The van der Waals surface area contributed by atoms with E-state index in [1.165, 1.54) is 0 Å². The Bertz CT molecular complexity index is 1160. The van der Waals surface area contributed by atoms with E-state index in [2.05, 4.69) is 20.1 Å². The molecule has 2 amide bonds. The molecule has 0 unspecified atom stereocenters. The van der Waals surface area contributed by atoms with Crippen molar-refractivity contribution in [2.45, 2.75) is 19.3 Å². The van der Waals surface area contributed by atoms with Crippen molar-refractivity contribution in [1.82, 2.24) is 20.2 Å². The van der Waals surface area contributed by atoms with E-state index in [9.17, 15) is 9.59 Å². The molecule has 2 aromatic heterocycles. The third-order valence-corrected chi connectivity index (χ3v) is 6.59. The van der Waals surface area contributed by atoms with Crippen molar-refractivity contribution >= 4 is 34.4 Å². The number of likely N-dealkylation sites (tertiary alicyclic amines) is 1. The Morgan fingerprint density at radius 1 is 0.941 bits per heavy atom. The van der Waals surface area contributed by atoms with Crippen LogP contribution in [-0.4, -0.2) is 72.5 Å². The molecule has 0 bridgehead atoms. The van der Waals surface area contributed by atoms with Crippen molar-refractivity contribution in [3.05, 3.63) is 60.3 Å². The van der Waals surface area contributed by atoms with E-state index >= 15 is 0 Å². The number of nitrogens with one attached hydrogen (secondary N) is 1. The zero-order valence-electron chi connectivity index (χ0n) is 19.3. The number of aromatic nitrogens is 2. The van der Waals surface area contributed by atoms with Crippen molar-refractivity contribution in [3.63, 3.8) is 0 Å². The van der Waals surface area contributed by atoms with Crippen LogP contribution in [0.15, 0.2) is 54.7 Å². The van der Waals surface area contributed by atoms with Crippen LogP contribution in [0.2, 0.25) is 0 Å². The number of hydrogen-bond acceptors (Lipinski definition) is 6. The van der Waals surface area contributed by atoms with Crippen LogP contribution in [0.4, 0.5) is 11.6 Å². The van der Waals surface area contributed by atoms with Crippen molar-refractivity contribution < 1.29 is 9.59 Å². The molecule has 2 fully saturated rings. The summed E-state index contributed by atoms with van der Waals surface area (Å²) in [5.41, 5.74) is 1.46. The van der Waals surface area contributed by atoms with Gasteiger partial charge in [-0.05, 0) is 37.1 Å². The molecule has 1 N–H and O–H groups in total. The standard InChI is InChI=1S/C26H30N6O2/c33-25-10-5-13-32(25)14-6-12-28-26(34)21-19-24(29-22-8-2-1-7-20(21)22)31-17-15-30(16-18-31)23-9-3-4-11-27-23/h1-4,7-9,11,19H,5-6,10,12-18H2,(H,28,34). The highest BCUT2D eigenvalue weighted by molar-refractivity contribution is 6.07. The second-order valence-electron chi connectivity index (χ2n) is 8.80. The summed E-state index contributed by atoms with van der Waals surface area (Å²) in [6, 6.07) is 15.7. The lowest BCUT2D eigenvalue weighted by molar-refractivity contribution is -0.127. The summed E-state index contributed by atoms with van der Waals surface area (Å²) in [5, 5.41) is 3.90. The van der Waals surface area contributed by atoms with Crippen LogP contribution in [0.3, 0.4) is 0 Å². The van der Waals surface area contributed by atoms with Gasteiger partial charge in [-0.1, -0.05) is 24.3 Å². The van der Waals surface area contributed by atoms with Crippen LogP contribution >= 0.6 is 0 Å². The minimum Gasteiger partial charge on any atom is -0.353 e. The molecule has 1 aromatic carbocycles. The molecule has 34 heavy (non-hydrogen) atoms. The zero-order valence-corrected chi connectivity index (χ0v) is 19.3. The Balaban J connectivity index is 1.27. The first-order valence-electron chi connectivity index (χ1n) is 12.1. The number of carbonyl (C=O) groups is 2. The molecule has 8 nitrogen and oxygen atoms in total. The molecule has 2 aliphatic rings. The van der Waals surface area contributed by atoms with Crippen LogP contribution in [-0.2, 0) is 4.79 Å². The highest BCUT2D eigenvalue weighted by Crippen LogP contribution is 2.25. The monoisotopic (exact) mass is 458 g/mol. The fourth-order valence-electron chi connectivity index (χ4n) is 4.72. The summed E-state index contributed by atoms with van der Waals surface area (Å²) < 4.78 is 0. The first-order valence-corrected chi connectivity index (χ1v) is 12.1. The van der Waals surface area contributed by atoms with Crippen molar-refractivity contribution in [2.75, 3.05) is 55.6 Å². The van der Waals surface area contributed by atoms with E-state index in [1.807, 2.05) is 59.6 Å². The number of pyridine rings is 2. The van der Waals surface area contributed by atoms with Gasteiger partial charge in [-0.25, -0.2) is 9.97 Å². The van der Waals surface area contributed by atoms with Gasteiger partial charge in [0, 0.05) is 63.8 Å². The fourth-order valence-corrected chi connectivity index (χ4v) is 4.72. The Kier molecular flexibility index (Phi) is 6.56. The number of amides is 2. The second-order valence-corrected chi connectivity index (χ2v) is 8.80. The van der Waals surface area contributed by atoms with Gasteiger partial charge in [-0.3, -0.25) is 9.59 Å². The summed E-state index contributed by atoms with van der Waals surface area (Å²) in [6.07, 6.45) is 4.16. The van der Waals surface area contributed by atoms with E-state index in [4.69, 9.17) is 4.98 Å². The maximum absolute atomic E-state index is 13.1. The molecule has 0 atom stereocenters. The van der Waals surface area contributed by atoms with Gasteiger partial charge < -0.3 is 20.0 Å². The molecule has 4 heterocycles. The fraction of sp³-hybridized carbons (Fsp3) is 0.385. The third-order valence-electron chi connectivity index (χ3n) is 6.59. The molecule has 0 spiro atoms. The largest absolute Gasteiger partial charge is 0.353 e. The Labute approximate surface area is 199 Å². The second kappa shape index (κ2) is 10.1. The topological polar surface area (TPSA) is 81.7 Å². The van der Waals surface area contributed by atoms with Gasteiger partial charge in [-0.2, -0.15) is 0 Å². The molecule has 0 aliphatic carbocycles. The number of para-hydroxylation sites is 1. The average Bonchev–Trinajstić information content (AvgIpc) is 3.31. The first kappa shape index (κ1) is 22.1. The molecule has 0 saturated carbocycles. The number of fused-ring (bicyclic) bond motifs is 1. The van der Waals surface area contributed by atoms with Gasteiger partial charge in [0.25, 0.3) is 5.91 Å². The van der Waals surface area contributed by atoms with Gasteiger partial charge in [-0.15, -0.1) is 0 Å². The van der Waals surface area contributed by atoms with Crippen molar-refractivity contribution in [3.8, 4) is 0 Å². The minimum absolute atomic E-state index is 0.0975. The van der Waals surface area contributed by atoms with E-state index in [0.717, 1.165) is 68.1 Å². The van der Waals surface area contributed by atoms with Crippen LogP contribution in [0.5, 0.6) is 0 Å². The highest BCUT2D eigenvalue weighted by Gasteiger charge is 2.22. The van der Waals surface area contributed by atoms with E-state index in [0.29, 0.717) is 25.1 Å². The van der Waals surface area contributed by atoms with Crippen molar-refractivity contribution in [2.24, 2.45) is 0 Å². The molecule has 8 heteroatoms. The smallest absolute Gasteiger partial charge is 0.252 e. The molecule has 5 rings (SSSR count). The average molecular weight is 459 g/mol. The normalized spacial score (nSPS) is 16.4. The number of piperazine rings is 1. The summed E-state index contributed by atoms with van der Waals surface area (Å²) in [5.74, 6) is 1.94. The number of nitrogens with zero attached hydrogens (tertiary/aromatic N) is 5. The zero-order chi connectivity index (χ0) is 23.3. The van der Waals surface area contributed by atoms with E-state index in [-0.39, 0.29) is 11.8 Å². The Morgan fingerprint density at radius 3 is 2.44 bits per heavy atom. The summed E-state index contributed by atoms with van der Waals surface area (Å²) in [4.78, 5) is 40.6. The lowest BCUT2D eigenvalue weighted by Crippen LogP contribution is -2.47. The summed E-state index contributed by atoms with van der Waals surface area (Å²) >= 11 is 0. The van der Waals surface area contributed by atoms with Crippen LogP contribution < -0.4 is 15.1 Å². The minimum atomic E-state index is -0.0975. The third kappa shape index (κ3) is 4.81. The maximum atomic E-state index is 13.1. The van der Waals surface area contributed by atoms with E-state index in [1.54, 1.807) is 0 Å². The summed E-state index contributed by atoms with van der Waals surface area (Å²) in [7, 11) is 0. The summed E-state index contributed by atoms with van der Waals surface area (Å²) in [6.45, 7) is 5.39.